The molecule has 27 heavy (non-hydrogen) atoms. The summed E-state index contributed by atoms with van der Waals surface area (Å²) in [5.41, 5.74) is 0.658. The first-order valence-electron chi connectivity index (χ1n) is 10.2. The molecule has 0 aromatic heterocycles. The average molecular weight is 392 g/mol. The molecule has 5 nitrogen and oxygen atoms in total. The average Bonchev–Trinajstić information content (AvgIpc) is 2.97. The molecule has 1 N–H and O–H groups in total. The van der Waals surface area contributed by atoms with Crippen LogP contribution >= 0.6 is 11.6 Å². The molecule has 148 valence electrons. The van der Waals surface area contributed by atoms with Gasteiger partial charge in [-0.25, -0.2) is 0 Å². The van der Waals surface area contributed by atoms with Gasteiger partial charge in [-0.1, -0.05) is 36.6 Å². The second-order valence-electron chi connectivity index (χ2n) is 7.63. The molecule has 0 spiro atoms. The lowest BCUT2D eigenvalue weighted by atomic mass is 9.95. The third-order valence-electron chi connectivity index (χ3n) is 5.66. The summed E-state index contributed by atoms with van der Waals surface area (Å²) in [6.45, 7) is 4.37. The number of para-hydroxylation sites is 1. The molecule has 0 atom stereocenters. The molecule has 2 aliphatic rings. The van der Waals surface area contributed by atoms with Crippen LogP contribution in [0.15, 0.2) is 24.3 Å². The van der Waals surface area contributed by atoms with Crippen molar-refractivity contribution in [2.75, 3.05) is 38.0 Å². The number of carbonyl (C=O) groups is 2. The number of anilines is 1. The summed E-state index contributed by atoms with van der Waals surface area (Å²) >= 11 is 6.08. The van der Waals surface area contributed by atoms with Gasteiger partial charge in [0, 0.05) is 32.0 Å². The lowest BCUT2D eigenvalue weighted by molar-refractivity contribution is -0.137. The van der Waals surface area contributed by atoms with Crippen LogP contribution in [0.2, 0.25) is 5.02 Å². The van der Waals surface area contributed by atoms with Gasteiger partial charge < -0.3 is 15.1 Å². The van der Waals surface area contributed by atoms with Gasteiger partial charge in [-0.3, -0.25) is 9.59 Å². The summed E-state index contributed by atoms with van der Waals surface area (Å²) in [6.07, 6.45) is 7.03. The van der Waals surface area contributed by atoms with Gasteiger partial charge in [-0.15, -0.1) is 0 Å². The zero-order valence-corrected chi connectivity index (χ0v) is 16.7. The molecule has 2 aliphatic heterocycles. The third-order valence-corrected chi connectivity index (χ3v) is 5.99. The van der Waals surface area contributed by atoms with Crippen molar-refractivity contribution in [3.05, 3.63) is 29.3 Å². The summed E-state index contributed by atoms with van der Waals surface area (Å²) < 4.78 is 0. The fourth-order valence-corrected chi connectivity index (χ4v) is 4.17. The van der Waals surface area contributed by atoms with Crippen LogP contribution in [0.3, 0.4) is 0 Å². The monoisotopic (exact) mass is 391 g/mol. The number of benzene rings is 1. The predicted molar refractivity (Wildman–Crippen MR) is 109 cm³/mol. The van der Waals surface area contributed by atoms with E-state index < -0.39 is 0 Å². The lowest BCUT2D eigenvalue weighted by Crippen LogP contribution is -2.43. The quantitative estimate of drug-likeness (QED) is 0.830. The second kappa shape index (κ2) is 10.1. The summed E-state index contributed by atoms with van der Waals surface area (Å²) in [6, 6.07) is 7.27. The molecular formula is C21H30ClN3O2. The van der Waals surface area contributed by atoms with E-state index in [0.717, 1.165) is 58.4 Å². The number of hydrogen-bond acceptors (Lipinski definition) is 3. The number of carbonyl (C=O) groups excluding carboxylic acids is 2. The Bertz CT molecular complexity index is 636. The number of amides is 2. The highest BCUT2D eigenvalue weighted by Crippen LogP contribution is 2.23. The van der Waals surface area contributed by atoms with Crippen molar-refractivity contribution in [1.29, 1.82) is 0 Å². The molecular weight excluding hydrogens is 362 g/mol. The van der Waals surface area contributed by atoms with Gasteiger partial charge in [0.05, 0.1) is 10.7 Å². The first kappa shape index (κ1) is 20.2. The van der Waals surface area contributed by atoms with Crippen LogP contribution in [0.5, 0.6) is 0 Å². The minimum atomic E-state index is -0.0223. The highest BCUT2D eigenvalue weighted by atomic mass is 35.5. The number of nitrogens with one attached hydrogen (secondary N) is 1. The lowest BCUT2D eigenvalue weighted by Gasteiger charge is -2.33. The zero-order chi connectivity index (χ0) is 19.1. The normalized spacial score (nSPS) is 19.5. The number of hydrogen-bond donors (Lipinski definition) is 1. The number of nitrogens with zero attached hydrogens (tertiary/aromatic N) is 2. The van der Waals surface area contributed by atoms with Crippen LogP contribution in [0, 0.1) is 5.92 Å². The minimum Gasteiger partial charge on any atom is -0.342 e. The van der Waals surface area contributed by atoms with Gasteiger partial charge in [-0.2, -0.15) is 0 Å². The Morgan fingerprint density at radius 1 is 1.00 bits per heavy atom. The van der Waals surface area contributed by atoms with E-state index in [9.17, 15) is 9.59 Å². The van der Waals surface area contributed by atoms with Crippen LogP contribution in [0.1, 0.15) is 44.9 Å². The molecule has 2 amide bonds. The molecule has 1 aromatic rings. The Morgan fingerprint density at radius 3 is 2.33 bits per heavy atom. The largest absolute Gasteiger partial charge is 0.342 e. The van der Waals surface area contributed by atoms with E-state index in [4.69, 9.17) is 11.6 Å². The van der Waals surface area contributed by atoms with Gasteiger partial charge >= 0.3 is 0 Å². The predicted octanol–water partition coefficient (Wildman–Crippen LogP) is 3.78. The fraction of sp³-hybridized carbons (Fsp3) is 0.619. The second-order valence-corrected chi connectivity index (χ2v) is 8.04. The Balaban J connectivity index is 1.38. The van der Waals surface area contributed by atoms with Crippen molar-refractivity contribution < 1.29 is 9.59 Å². The maximum atomic E-state index is 12.7. The molecule has 2 saturated heterocycles. The van der Waals surface area contributed by atoms with E-state index in [0.29, 0.717) is 23.0 Å². The summed E-state index contributed by atoms with van der Waals surface area (Å²) in [4.78, 5) is 29.3. The summed E-state index contributed by atoms with van der Waals surface area (Å²) in [5, 5.41) is 3.42. The first-order valence-corrected chi connectivity index (χ1v) is 10.6. The number of halogens is 1. The van der Waals surface area contributed by atoms with Crippen molar-refractivity contribution in [2.45, 2.75) is 44.9 Å². The van der Waals surface area contributed by atoms with Crippen molar-refractivity contribution in [1.82, 2.24) is 9.80 Å². The summed E-state index contributed by atoms with van der Waals surface area (Å²) in [5.74, 6) is 0.496. The molecule has 3 rings (SSSR count). The molecule has 0 radical (unpaired) electrons. The van der Waals surface area contributed by atoms with Crippen molar-refractivity contribution >= 4 is 29.1 Å². The van der Waals surface area contributed by atoms with E-state index in [-0.39, 0.29) is 11.8 Å². The summed E-state index contributed by atoms with van der Waals surface area (Å²) in [7, 11) is 0. The molecule has 0 unspecified atom stereocenters. The van der Waals surface area contributed by atoms with Crippen LogP contribution in [0.25, 0.3) is 0 Å². The Labute approximate surface area is 167 Å². The van der Waals surface area contributed by atoms with Gasteiger partial charge in [0.15, 0.2) is 0 Å². The molecule has 2 heterocycles. The third kappa shape index (κ3) is 5.94. The minimum absolute atomic E-state index is 0.0223. The van der Waals surface area contributed by atoms with E-state index in [1.54, 1.807) is 12.1 Å². The standard InChI is InChI=1S/C21H30ClN3O2/c22-18-7-3-4-8-19(18)23-20(26)11-16-24-14-9-17(10-15-24)21(27)25-12-5-1-2-6-13-25/h3-4,7-8,17H,1-2,5-6,9-16H2,(H,23,26). The SMILES string of the molecule is O=C(CCN1CCC(C(=O)N2CCCCCC2)CC1)Nc1ccccc1Cl. The van der Waals surface area contributed by atoms with Gasteiger partial charge in [0.25, 0.3) is 0 Å². The number of likely N-dealkylation sites (tertiary alicyclic amines) is 2. The van der Waals surface area contributed by atoms with Crippen LogP contribution in [0.4, 0.5) is 5.69 Å². The molecule has 2 fully saturated rings. The van der Waals surface area contributed by atoms with Crippen molar-refractivity contribution in [2.24, 2.45) is 5.92 Å². The van der Waals surface area contributed by atoms with E-state index in [1.807, 2.05) is 12.1 Å². The van der Waals surface area contributed by atoms with Crippen molar-refractivity contribution in [3.8, 4) is 0 Å². The van der Waals surface area contributed by atoms with Crippen molar-refractivity contribution in [3.63, 3.8) is 0 Å². The molecule has 0 aliphatic carbocycles. The maximum Gasteiger partial charge on any atom is 0.225 e. The Morgan fingerprint density at radius 2 is 1.67 bits per heavy atom. The van der Waals surface area contributed by atoms with Gasteiger partial charge in [-0.05, 0) is 50.9 Å². The Kier molecular flexibility index (Phi) is 7.53. The van der Waals surface area contributed by atoms with Gasteiger partial charge in [0.1, 0.15) is 0 Å². The fourth-order valence-electron chi connectivity index (χ4n) is 3.99. The number of rotatable bonds is 5. The Hall–Kier alpha value is -1.59. The van der Waals surface area contributed by atoms with E-state index in [2.05, 4.69) is 15.1 Å². The highest BCUT2D eigenvalue weighted by Gasteiger charge is 2.28. The molecule has 0 saturated carbocycles. The first-order chi connectivity index (χ1) is 13.1. The molecule has 1 aromatic carbocycles. The van der Waals surface area contributed by atoms with Crippen LogP contribution in [-0.4, -0.2) is 54.3 Å². The van der Waals surface area contributed by atoms with Crippen LogP contribution < -0.4 is 5.32 Å². The maximum absolute atomic E-state index is 12.7. The van der Waals surface area contributed by atoms with E-state index >= 15 is 0 Å². The van der Waals surface area contributed by atoms with E-state index in [1.165, 1.54) is 12.8 Å². The number of piperidine rings is 1. The van der Waals surface area contributed by atoms with Crippen LogP contribution in [-0.2, 0) is 9.59 Å². The molecule has 0 bridgehead atoms. The highest BCUT2D eigenvalue weighted by molar-refractivity contribution is 6.33. The zero-order valence-electron chi connectivity index (χ0n) is 16.0. The molecule has 6 heteroatoms. The van der Waals surface area contributed by atoms with Gasteiger partial charge in [0.2, 0.25) is 11.8 Å². The topological polar surface area (TPSA) is 52.7 Å². The smallest absolute Gasteiger partial charge is 0.225 e.